The summed E-state index contributed by atoms with van der Waals surface area (Å²) in [6.07, 6.45) is 3.01. The first-order valence-electron chi connectivity index (χ1n) is 6.03. The standard InChI is InChI=1S/C12H24N2O2/c1-12(2,3)10(13)11(16)14-9-6-4-5-8(9)7-15/h8-10,15H,4-7,13H2,1-3H3,(H,14,16)/t8?,9?,10-/m0/s1. The highest BCUT2D eigenvalue weighted by Gasteiger charge is 2.32. The fraction of sp³-hybridized carbons (Fsp3) is 0.917. The van der Waals surface area contributed by atoms with Gasteiger partial charge in [-0.1, -0.05) is 27.2 Å². The lowest BCUT2D eigenvalue weighted by atomic mass is 9.86. The quantitative estimate of drug-likeness (QED) is 0.663. The predicted octanol–water partition coefficient (Wildman–Crippen LogP) is 0.637. The average Bonchev–Trinajstić information content (AvgIpc) is 2.62. The van der Waals surface area contributed by atoms with Crippen LogP contribution in [0.4, 0.5) is 0 Å². The van der Waals surface area contributed by atoms with Gasteiger partial charge in [0.1, 0.15) is 0 Å². The van der Waals surface area contributed by atoms with Crippen LogP contribution in [0, 0.1) is 11.3 Å². The van der Waals surface area contributed by atoms with Crippen molar-refractivity contribution in [1.29, 1.82) is 0 Å². The largest absolute Gasteiger partial charge is 0.396 e. The van der Waals surface area contributed by atoms with E-state index in [9.17, 15) is 4.79 Å². The Morgan fingerprint density at radius 1 is 1.50 bits per heavy atom. The highest BCUT2D eigenvalue weighted by atomic mass is 16.3. The van der Waals surface area contributed by atoms with Gasteiger partial charge >= 0.3 is 0 Å². The minimum atomic E-state index is -0.493. The van der Waals surface area contributed by atoms with E-state index in [1.165, 1.54) is 0 Å². The second kappa shape index (κ2) is 5.15. The summed E-state index contributed by atoms with van der Waals surface area (Å²) in [5.41, 5.74) is 5.66. The number of hydrogen-bond acceptors (Lipinski definition) is 3. The van der Waals surface area contributed by atoms with Crippen molar-refractivity contribution in [3.05, 3.63) is 0 Å². The summed E-state index contributed by atoms with van der Waals surface area (Å²) >= 11 is 0. The van der Waals surface area contributed by atoms with Crippen molar-refractivity contribution in [2.75, 3.05) is 6.61 Å². The zero-order valence-electron chi connectivity index (χ0n) is 10.5. The van der Waals surface area contributed by atoms with E-state index >= 15 is 0 Å². The molecule has 0 heterocycles. The first-order valence-corrected chi connectivity index (χ1v) is 6.03. The second-order valence-electron chi connectivity index (χ2n) is 5.83. The van der Waals surface area contributed by atoms with Crippen LogP contribution in [0.25, 0.3) is 0 Å². The van der Waals surface area contributed by atoms with Crippen LogP contribution >= 0.6 is 0 Å². The number of aliphatic hydroxyl groups excluding tert-OH is 1. The second-order valence-corrected chi connectivity index (χ2v) is 5.83. The Morgan fingerprint density at radius 2 is 2.12 bits per heavy atom. The van der Waals surface area contributed by atoms with Crippen LogP contribution in [-0.4, -0.2) is 29.7 Å². The molecule has 4 N–H and O–H groups in total. The predicted molar refractivity (Wildman–Crippen MR) is 63.8 cm³/mol. The van der Waals surface area contributed by atoms with Crippen molar-refractivity contribution in [2.45, 2.75) is 52.1 Å². The number of carbonyl (C=O) groups excluding carboxylic acids is 1. The van der Waals surface area contributed by atoms with Gasteiger partial charge in [-0.3, -0.25) is 4.79 Å². The van der Waals surface area contributed by atoms with E-state index in [1.54, 1.807) is 0 Å². The maximum absolute atomic E-state index is 11.9. The zero-order chi connectivity index (χ0) is 12.3. The molecule has 0 aromatic carbocycles. The van der Waals surface area contributed by atoms with Crippen LogP contribution in [0.5, 0.6) is 0 Å². The molecule has 1 saturated carbocycles. The van der Waals surface area contributed by atoms with Crippen LogP contribution in [-0.2, 0) is 4.79 Å². The van der Waals surface area contributed by atoms with Gasteiger partial charge < -0.3 is 16.2 Å². The van der Waals surface area contributed by atoms with Gasteiger partial charge in [0.15, 0.2) is 0 Å². The monoisotopic (exact) mass is 228 g/mol. The van der Waals surface area contributed by atoms with Crippen LogP contribution in [0.3, 0.4) is 0 Å². The minimum Gasteiger partial charge on any atom is -0.396 e. The number of rotatable bonds is 3. The molecule has 2 unspecified atom stereocenters. The molecule has 0 saturated heterocycles. The van der Waals surface area contributed by atoms with Crippen molar-refractivity contribution < 1.29 is 9.90 Å². The molecule has 0 radical (unpaired) electrons. The Bertz CT molecular complexity index is 248. The lowest BCUT2D eigenvalue weighted by Crippen LogP contribution is -2.52. The van der Waals surface area contributed by atoms with Gasteiger partial charge in [0.2, 0.25) is 5.91 Å². The van der Waals surface area contributed by atoms with E-state index < -0.39 is 6.04 Å². The number of hydrogen-bond donors (Lipinski definition) is 3. The Kier molecular flexibility index (Phi) is 4.33. The molecule has 0 aromatic heterocycles. The first-order chi connectivity index (χ1) is 7.36. The molecule has 4 heteroatoms. The summed E-state index contributed by atoms with van der Waals surface area (Å²) in [5.74, 6) is 0.106. The lowest BCUT2D eigenvalue weighted by Gasteiger charge is -2.28. The molecule has 94 valence electrons. The van der Waals surface area contributed by atoms with Gasteiger partial charge in [-0.2, -0.15) is 0 Å². The van der Waals surface area contributed by atoms with Crippen LogP contribution in [0.1, 0.15) is 40.0 Å². The molecule has 1 aliphatic rings. The van der Waals surface area contributed by atoms with E-state index in [4.69, 9.17) is 10.8 Å². The number of nitrogens with one attached hydrogen (secondary N) is 1. The molecule has 0 aromatic rings. The lowest BCUT2D eigenvalue weighted by molar-refractivity contribution is -0.125. The minimum absolute atomic E-state index is 0.0992. The van der Waals surface area contributed by atoms with Gasteiger partial charge in [0, 0.05) is 18.6 Å². The Morgan fingerprint density at radius 3 is 2.62 bits per heavy atom. The topological polar surface area (TPSA) is 75.4 Å². The molecule has 1 rings (SSSR count). The van der Waals surface area contributed by atoms with Crippen molar-refractivity contribution in [2.24, 2.45) is 17.1 Å². The summed E-state index contributed by atoms with van der Waals surface area (Å²) < 4.78 is 0. The van der Waals surface area contributed by atoms with E-state index in [1.807, 2.05) is 20.8 Å². The summed E-state index contributed by atoms with van der Waals surface area (Å²) in [6, 6.07) is -0.390. The average molecular weight is 228 g/mol. The third-order valence-corrected chi connectivity index (χ3v) is 3.44. The van der Waals surface area contributed by atoms with E-state index in [0.717, 1.165) is 19.3 Å². The molecule has 16 heavy (non-hydrogen) atoms. The van der Waals surface area contributed by atoms with E-state index in [-0.39, 0.29) is 29.9 Å². The summed E-state index contributed by atoms with van der Waals surface area (Å²) in [6.45, 7) is 6.01. The molecule has 3 atom stereocenters. The van der Waals surface area contributed by atoms with Gasteiger partial charge in [-0.05, 0) is 18.3 Å². The van der Waals surface area contributed by atoms with E-state index in [0.29, 0.717) is 0 Å². The SMILES string of the molecule is CC(C)(C)[C@@H](N)C(=O)NC1CCCC1CO. The molecule has 1 amide bonds. The Hall–Kier alpha value is -0.610. The summed E-state index contributed by atoms with van der Waals surface area (Å²) in [7, 11) is 0. The first kappa shape index (κ1) is 13.5. The smallest absolute Gasteiger partial charge is 0.237 e. The summed E-state index contributed by atoms with van der Waals surface area (Å²) in [4.78, 5) is 11.9. The van der Waals surface area contributed by atoms with Gasteiger partial charge in [-0.15, -0.1) is 0 Å². The molecular formula is C12H24N2O2. The van der Waals surface area contributed by atoms with Crippen molar-refractivity contribution >= 4 is 5.91 Å². The molecule has 1 fully saturated rings. The van der Waals surface area contributed by atoms with Gasteiger partial charge in [0.25, 0.3) is 0 Å². The van der Waals surface area contributed by atoms with Crippen molar-refractivity contribution in [1.82, 2.24) is 5.32 Å². The van der Waals surface area contributed by atoms with Gasteiger partial charge in [0.05, 0.1) is 6.04 Å². The van der Waals surface area contributed by atoms with Crippen molar-refractivity contribution in [3.8, 4) is 0 Å². The van der Waals surface area contributed by atoms with Crippen molar-refractivity contribution in [3.63, 3.8) is 0 Å². The number of amides is 1. The maximum atomic E-state index is 11.9. The fourth-order valence-corrected chi connectivity index (χ4v) is 2.11. The highest BCUT2D eigenvalue weighted by molar-refractivity contribution is 5.82. The van der Waals surface area contributed by atoms with Crippen LogP contribution in [0.15, 0.2) is 0 Å². The zero-order valence-corrected chi connectivity index (χ0v) is 10.5. The van der Waals surface area contributed by atoms with Crippen LogP contribution < -0.4 is 11.1 Å². The number of carbonyl (C=O) groups is 1. The summed E-state index contributed by atoms with van der Waals surface area (Å²) in [5, 5.41) is 12.1. The van der Waals surface area contributed by atoms with Crippen LogP contribution in [0.2, 0.25) is 0 Å². The van der Waals surface area contributed by atoms with E-state index in [2.05, 4.69) is 5.32 Å². The highest BCUT2D eigenvalue weighted by Crippen LogP contribution is 2.26. The van der Waals surface area contributed by atoms with Gasteiger partial charge in [-0.25, -0.2) is 0 Å². The molecule has 0 bridgehead atoms. The molecule has 0 spiro atoms. The third-order valence-electron chi connectivity index (χ3n) is 3.44. The third kappa shape index (κ3) is 3.19. The molecule has 4 nitrogen and oxygen atoms in total. The molecular weight excluding hydrogens is 204 g/mol. The Balaban J connectivity index is 2.51. The maximum Gasteiger partial charge on any atom is 0.237 e. The Labute approximate surface area is 97.6 Å². The number of nitrogens with two attached hydrogens (primary N) is 1. The fourth-order valence-electron chi connectivity index (χ4n) is 2.11. The number of aliphatic hydroxyl groups is 1. The molecule has 0 aliphatic heterocycles. The molecule has 1 aliphatic carbocycles. The normalized spacial score (nSPS) is 27.8.